The van der Waals surface area contributed by atoms with E-state index in [9.17, 15) is 13.2 Å². The Morgan fingerprint density at radius 3 is 2.33 bits per heavy atom. The molecule has 0 aliphatic carbocycles. The van der Waals surface area contributed by atoms with E-state index >= 15 is 0 Å². The average molecular weight is 507 g/mol. The predicted octanol–water partition coefficient (Wildman–Crippen LogP) is 5.05. The van der Waals surface area contributed by atoms with Crippen LogP contribution >= 0.6 is 23.2 Å². The van der Waals surface area contributed by atoms with Gasteiger partial charge in [-0.05, 0) is 37.6 Å². The van der Waals surface area contributed by atoms with Crippen molar-refractivity contribution in [3.8, 4) is 22.7 Å². The van der Waals surface area contributed by atoms with E-state index in [4.69, 9.17) is 42.1 Å². The van der Waals surface area contributed by atoms with Crippen LogP contribution < -0.4 is 5.32 Å². The van der Waals surface area contributed by atoms with Crippen LogP contribution in [-0.4, -0.2) is 45.6 Å². The summed E-state index contributed by atoms with van der Waals surface area (Å²) >= 11 is 12.7. The molecular weight excluding hydrogens is 488 g/mol. The lowest BCUT2D eigenvalue weighted by molar-refractivity contribution is -0.192. The van der Waals surface area contributed by atoms with Gasteiger partial charge in [-0.2, -0.15) is 18.2 Å². The lowest BCUT2D eigenvalue weighted by Crippen LogP contribution is -2.43. The summed E-state index contributed by atoms with van der Waals surface area (Å²) < 4.78 is 42.8. The lowest BCUT2D eigenvalue weighted by atomic mass is 9.99. The van der Waals surface area contributed by atoms with Crippen molar-refractivity contribution < 1.29 is 32.1 Å². The summed E-state index contributed by atoms with van der Waals surface area (Å²) in [6.45, 7) is 4.04. The van der Waals surface area contributed by atoms with Crippen molar-refractivity contribution in [3.05, 3.63) is 39.8 Å². The van der Waals surface area contributed by atoms with E-state index in [0.717, 1.165) is 25.9 Å². The molecule has 1 aromatic carbocycles. The van der Waals surface area contributed by atoms with E-state index < -0.39 is 12.1 Å². The topological polar surface area (TPSA) is 114 Å². The summed E-state index contributed by atoms with van der Waals surface area (Å²) in [5.74, 6) is -0.434. The molecule has 1 aliphatic heterocycles. The number of hydrogen-bond donors (Lipinski definition) is 2. The molecule has 0 atom stereocenters. The third kappa shape index (κ3) is 6.04. The Kier molecular flexibility index (Phi) is 7.98. The van der Waals surface area contributed by atoms with Gasteiger partial charge in [0.1, 0.15) is 17.0 Å². The predicted molar refractivity (Wildman–Crippen MR) is 113 cm³/mol. The number of carboxylic acid groups (broad SMARTS) is 1. The molecule has 178 valence electrons. The minimum absolute atomic E-state index is 0.392. The molecule has 2 aromatic heterocycles. The van der Waals surface area contributed by atoms with E-state index in [0.29, 0.717) is 56.7 Å². The fourth-order valence-corrected chi connectivity index (χ4v) is 3.60. The number of benzene rings is 1. The number of halogens is 5. The Hall–Kier alpha value is -2.63. The SMILES string of the molecule is CCCc1onc(-c2c(Cl)cccc2Cl)c1-c1nc(CC2CNC2)no1.O=C(O)C(F)(F)F. The van der Waals surface area contributed by atoms with Gasteiger partial charge in [0.05, 0.1) is 10.0 Å². The summed E-state index contributed by atoms with van der Waals surface area (Å²) in [5, 5.41) is 19.7. The fraction of sp³-hybridized carbons (Fsp3) is 0.400. The van der Waals surface area contributed by atoms with Gasteiger partial charge >= 0.3 is 12.1 Å². The number of nitrogens with zero attached hydrogens (tertiary/aromatic N) is 3. The van der Waals surface area contributed by atoms with Gasteiger partial charge < -0.3 is 19.5 Å². The molecule has 0 unspecified atom stereocenters. The number of alkyl halides is 3. The number of rotatable bonds is 6. The van der Waals surface area contributed by atoms with Crippen LogP contribution in [0.5, 0.6) is 0 Å². The minimum atomic E-state index is -5.08. The molecular formula is C20H19Cl2F3N4O4. The molecule has 0 amide bonds. The Labute approximate surface area is 196 Å². The average Bonchev–Trinajstić information content (AvgIpc) is 3.32. The highest BCUT2D eigenvalue weighted by Gasteiger charge is 2.38. The number of carboxylic acids is 1. The van der Waals surface area contributed by atoms with Crippen molar-refractivity contribution in [2.24, 2.45) is 5.92 Å². The first kappa shape index (κ1) is 25.0. The number of nitrogens with one attached hydrogen (secondary N) is 1. The Morgan fingerprint density at radius 1 is 1.18 bits per heavy atom. The molecule has 13 heteroatoms. The van der Waals surface area contributed by atoms with Gasteiger partial charge in [-0.1, -0.05) is 46.5 Å². The fourth-order valence-electron chi connectivity index (χ4n) is 3.03. The first-order valence-corrected chi connectivity index (χ1v) is 10.6. The van der Waals surface area contributed by atoms with Crippen molar-refractivity contribution in [1.82, 2.24) is 20.6 Å². The lowest BCUT2D eigenvalue weighted by Gasteiger charge is -2.25. The maximum absolute atomic E-state index is 10.6. The largest absolute Gasteiger partial charge is 0.490 e. The third-order valence-corrected chi connectivity index (χ3v) is 5.33. The third-order valence-electron chi connectivity index (χ3n) is 4.70. The zero-order chi connectivity index (χ0) is 24.2. The van der Waals surface area contributed by atoms with Crippen LogP contribution in [0.1, 0.15) is 24.9 Å². The summed E-state index contributed by atoms with van der Waals surface area (Å²) in [4.78, 5) is 13.5. The molecule has 0 saturated carbocycles. The maximum atomic E-state index is 10.6. The molecule has 0 bridgehead atoms. The van der Waals surface area contributed by atoms with Gasteiger partial charge in [-0.3, -0.25) is 0 Å². The van der Waals surface area contributed by atoms with Crippen molar-refractivity contribution in [2.45, 2.75) is 32.4 Å². The Balaban J connectivity index is 0.000000383. The van der Waals surface area contributed by atoms with Crippen molar-refractivity contribution in [3.63, 3.8) is 0 Å². The van der Waals surface area contributed by atoms with Crippen molar-refractivity contribution in [1.29, 1.82) is 0 Å². The van der Waals surface area contributed by atoms with Crippen LogP contribution in [0.4, 0.5) is 13.2 Å². The van der Waals surface area contributed by atoms with Crippen LogP contribution in [-0.2, 0) is 17.6 Å². The first-order valence-electron chi connectivity index (χ1n) is 9.88. The molecule has 2 N–H and O–H groups in total. The smallest absolute Gasteiger partial charge is 0.475 e. The van der Waals surface area contributed by atoms with Crippen LogP contribution in [0.3, 0.4) is 0 Å². The van der Waals surface area contributed by atoms with Crippen molar-refractivity contribution >= 4 is 29.2 Å². The molecule has 33 heavy (non-hydrogen) atoms. The van der Waals surface area contributed by atoms with E-state index in [-0.39, 0.29) is 0 Å². The van der Waals surface area contributed by atoms with Gasteiger partial charge in [0.15, 0.2) is 5.82 Å². The van der Waals surface area contributed by atoms with Crippen LogP contribution in [0.15, 0.2) is 27.2 Å². The minimum Gasteiger partial charge on any atom is -0.475 e. The normalized spacial score (nSPS) is 13.9. The molecule has 8 nitrogen and oxygen atoms in total. The van der Waals surface area contributed by atoms with Gasteiger partial charge in [-0.25, -0.2) is 4.79 Å². The number of aromatic nitrogens is 3. The number of aliphatic carboxylic acids is 1. The zero-order valence-corrected chi connectivity index (χ0v) is 18.8. The van der Waals surface area contributed by atoms with E-state index in [1.165, 1.54) is 0 Å². The standard InChI is InChI=1S/C18H18Cl2N4O2.C2HF3O2/c1-2-4-13-16(18-22-14(23-26-18)7-10-8-21-9-10)17(24-25-13)15-11(19)5-3-6-12(15)20;3-2(4,5)1(6)7/h3,5-6,10,21H,2,4,7-9H2,1H3;(H,6,7). The summed E-state index contributed by atoms with van der Waals surface area (Å²) in [6.07, 6.45) is -2.70. The monoisotopic (exact) mass is 506 g/mol. The van der Waals surface area contributed by atoms with Crippen LogP contribution in [0, 0.1) is 5.92 Å². The molecule has 4 rings (SSSR count). The van der Waals surface area contributed by atoms with Crippen LogP contribution in [0.25, 0.3) is 22.7 Å². The van der Waals surface area contributed by atoms with E-state index in [1.54, 1.807) is 18.2 Å². The first-order chi connectivity index (χ1) is 15.6. The number of hydrogen-bond acceptors (Lipinski definition) is 7. The molecule has 3 heterocycles. The van der Waals surface area contributed by atoms with Gasteiger partial charge in [0.25, 0.3) is 5.89 Å². The summed E-state index contributed by atoms with van der Waals surface area (Å²) in [5.41, 5.74) is 1.82. The second kappa shape index (κ2) is 10.5. The molecule has 0 spiro atoms. The van der Waals surface area contributed by atoms with Crippen LogP contribution in [0.2, 0.25) is 10.0 Å². The molecule has 1 aliphatic rings. The second-order valence-corrected chi connectivity index (χ2v) is 8.04. The highest BCUT2D eigenvalue weighted by atomic mass is 35.5. The number of aryl methyl sites for hydroxylation is 1. The Morgan fingerprint density at radius 2 is 1.82 bits per heavy atom. The molecule has 1 saturated heterocycles. The molecule has 1 fully saturated rings. The molecule has 3 aromatic rings. The van der Waals surface area contributed by atoms with E-state index in [1.807, 2.05) is 0 Å². The van der Waals surface area contributed by atoms with Crippen molar-refractivity contribution in [2.75, 3.05) is 13.1 Å². The highest BCUT2D eigenvalue weighted by Crippen LogP contribution is 2.41. The zero-order valence-electron chi connectivity index (χ0n) is 17.2. The van der Waals surface area contributed by atoms with Gasteiger partial charge in [0, 0.05) is 18.4 Å². The molecule has 0 radical (unpaired) electrons. The number of carbonyl (C=O) groups is 1. The summed E-state index contributed by atoms with van der Waals surface area (Å²) in [6, 6.07) is 5.32. The van der Waals surface area contributed by atoms with Gasteiger partial charge in [-0.15, -0.1) is 0 Å². The quantitative estimate of drug-likeness (QED) is 0.477. The van der Waals surface area contributed by atoms with Gasteiger partial charge in [0.2, 0.25) is 0 Å². The highest BCUT2D eigenvalue weighted by molar-refractivity contribution is 6.39. The van der Waals surface area contributed by atoms with E-state index in [2.05, 4.69) is 27.5 Å². The summed E-state index contributed by atoms with van der Waals surface area (Å²) in [7, 11) is 0. The maximum Gasteiger partial charge on any atom is 0.490 e. The second-order valence-electron chi connectivity index (χ2n) is 7.22. The Bertz CT molecular complexity index is 1090.